The number of hydrogen-bond donors (Lipinski definition) is 1. The van der Waals surface area contributed by atoms with Gasteiger partial charge in [-0.3, -0.25) is 0 Å². The summed E-state index contributed by atoms with van der Waals surface area (Å²) in [4.78, 5) is 21.4. The Labute approximate surface area is 113 Å². The molecule has 0 radical (unpaired) electrons. The molecule has 0 amide bonds. The molecule has 0 spiro atoms. The Morgan fingerprint density at radius 3 is 1.79 bits per heavy atom. The molecule has 6 heteroatoms. The lowest BCUT2D eigenvalue weighted by Crippen LogP contribution is -2.35. The second kappa shape index (κ2) is 6.34. The SMILES string of the molecule is CC1(C(=O)O)CCCO1.COC(=O)C1(C)CCCO1. The van der Waals surface area contributed by atoms with E-state index in [1.54, 1.807) is 13.8 Å². The van der Waals surface area contributed by atoms with Crippen LogP contribution in [0.2, 0.25) is 0 Å². The van der Waals surface area contributed by atoms with E-state index < -0.39 is 17.2 Å². The summed E-state index contributed by atoms with van der Waals surface area (Å²) in [7, 11) is 1.38. The molecule has 0 bridgehead atoms. The van der Waals surface area contributed by atoms with Crippen molar-refractivity contribution in [3.63, 3.8) is 0 Å². The number of aliphatic carboxylic acids is 1. The van der Waals surface area contributed by atoms with Gasteiger partial charge in [-0.25, -0.2) is 9.59 Å². The Morgan fingerprint density at radius 1 is 1.05 bits per heavy atom. The normalized spacial score (nSPS) is 33.4. The Morgan fingerprint density at radius 2 is 1.53 bits per heavy atom. The van der Waals surface area contributed by atoms with E-state index in [1.807, 2.05) is 0 Å². The summed E-state index contributed by atoms with van der Waals surface area (Å²) in [6, 6.07) is 0. The third-order valence-electron chi connectivity index (χ3n) is 3.51. The monoisotopic (exact) mass is 274 g/mol. The number of esters is 1. The largest absolute Gasteiger partial charge is 0.479 e. The molecule has 1 N–H and O–H groups in total. The molecule has 0 aromatic rings. The average Bonchev–Trinajstić information content (AvgIpc) is 3.00. The predicted molar refractivity (Wildman–Crippen MR) is 66.8 cm³/mol. The molecule has 0 aliphatic carbocycles. The highest BCUT2D eigenvalue weighted by Crippen LogP contribution is 2.26. The first-order valence-electron chi connectivity index (χ1n) is 6.44. The lowest BCUT2D eigenvalue weighted by atomic mass is 10.0. The van der Waals surface area contributed by atoms with Gasteiger partial charge in [0, 0.05) is 13.2 Å². The van der Waals surface area contributed by atoms with E-state index in [1.165, 1.54) is 7.11 Å². The van der Waals surface area contributed by atoms with Gasteiger partial charge < -0.3 is 19.3 Å². The minimum atomic E-state index is -0.889. The van der Waals surface area contributed by atoms with Crippen LogP contribution in [-0.2, 0) is 23.8 Å². The summed E-state index contributed by atoms with van der Waals surface area (Å²) in [5.74, 6) is -1.11. The summed E-state index contributed by atoms with van der Waals surface area (Å²) in [5, 5.41) is 8.55. The van der Waals surface area contributed by atoms with Crippen molar-refractivity contribution in [3.05, 3.63) is 0 Å². The lowest BCUT2D eigenvalue weighted by molar-refractivity contribution is -0.161. The van der Waals surface area contributed by atoms with Gasteiger partial charge in [-0.15, -0.1) is 0 Å². The van der Waals surface area contributed by atoms with Gasteiger partial charge in [0.25, 0.3) is 0 Å². The van der Waals surface area contributed by atoms with Gasteiger partial charge in [0.1, 0.15) is 0 Å². The Bertz CT molecular complexity index is 326. The van der Waals surface area contributed by atoms with Crippen molar-refractivity contribution in [3.8, 4) is 0 Å². The van der Waals surface area contributed by atoms with Crippen molar-refractivity contribution in [2.45, 2.75) is 50.7 Å². The van der Waals surface area contributed by atoms with Crippen molar-refractivity contribution in [2.24, 2.45) is 0 Å². The third kappa shape index (κ3) is 3.91. The standard InChI is InChI=1S/C7H12O3.C6H10O3/c1-7(6(8)9-2)4-3-5-10-7;1-6(5(7)8)3-2-4-9-6/h3-5H2,1-2H3;2-4H2,1H3,(H,7,8). The summed E-state index contributed by atoms with van der Waals surface area (Å²) in [6.07, 6.45) is 3.23. The number of carboxylic acids is 1. The minimum Gasteiger partial charge on any atom is -0.479 e. The minimum absolute atomic E-state index is 0.259. The molecule has 0 aromatic heterocycles. The number of hydrogen-bond acceptors (Lipinski definition) is 5. The Kier molecular flexibility index (Phi) is 5.31. The molecule has 2 saturated heterocycles. The van der Waals surface area contributed by atoms with Crippen LogP contribution in [0.15, 0.2) is 0 Å². The van der Waals surface area contributed by atoms with E-state index >= 15 is 0 Å². The molecule has 2 atom stereocenters. The lowest BCUT2D eigenvalue weighted by Gasteiger charge is -2.18. The maximum absolute atomic E-state index is 11.0. The van der Waals surface area contributed by atoms with E-state index in [4.69, 9.17) is 14.6 Å². The van der Waals surface area contributed by atoms with Gasteiger partial charge in [0.15, 0.2) is 11.2 Å². The highest BCUT2D eigenvalue weighted by Gasteiger charge is 2.38. The van der Waals surface area contributed by atoms with E-state index in [0.29, 0.717) is 19.6 Å². The van der Waals surface area contributed by atoms with Crippen LogP contribution >= 0.6 is 0 Å². The zero-order valence-corrected chi connectivity index (χ0v) is 11.7. The Balaban J connectivity index is 0.000000191. The van der Waals surface area contributed by atoms with Crippen molar-refractivity contribution in [1.29, 1.82) is 0 Å². The van der Waals surface area contributed by atoms with Crippen LogP contribution in [0.1, 0.15) is 39.5 Å². The van der Waals surface area contributed by atoms with Gasteiger partial charge in [-0.2, -0.15) is 0 Å². The van der Waals surface area contributed by atoms with Crippen LogP contribution in [-0.4, -0.2) is 48.6 Å². The van der Waals surface area contributed by atoms with Gasteiger partial charge >= 0.3 is 11.9 Å². The summed E-state index contributed by atoms with van der Waals surface area (Å²) < 4.78 is 14.8. The molecular formula is C13H22O6. The average molecular weight is 274 g/mol. The first-order valence-corrected chi connectivity index (χ1v) is 6.44. The first-order chi connectivity index (χ1) is 8.84. The highest BCUT2D eigenvalue weighted by molar-refractivity contribution is 5.79. The van der Waals surface area contributed by atoms with Crippen LogP contribution in [0.5, 0.6) is 0 Å². The molecule has 2 aliphatic rings. The second-order valence-electron chi connectivity index (χ2n) is 5.16. The predicted octanol–water partition coefficient (Wildman–Crippen LogP) is 1.37. The fourth-order valence-corrected chi connectivity index (χ4v) is 2.10. The molecule has 19 heavy (non-hydrogen) atoms. The molecule has 110 valence electrons. The number of carbonyl (C=O) groups is 2. The quantitative estimate of drug-likeness (QED) is 0.766. The van der Waals surface area contributed by atoms with Gasteiger partial charge in [0.2, 0.25) is 0 Å². The van der Waals surface area contributed by atoms with Gasteiger partial charge in [-0.05, 0) is 39.5 Å². The first kappa shape index (κ1) is 15.9. The maximum Gasteiger partial charge on any atom is 0.337 e. The molecule has 2 rings (SSSR count). The topological polar surface area (TPSA) is 82.1 Å². The molecule has 0 saturated carbocycles. The summed E-state index contributed by atoms with van der Waals surface area (Å²) in [6.45, 7) is 4.64. The van der Waals surface area contributed by atoms with Crippen molar-refractivity contribution < 1.29 is 28.9 Å². The van der Waals surface area contributed by atoms with Crippen LogP contribution in [0.4, 0.5) is 0 Å². The van der Waals surface area contributed by atoms with Gasteiger partial charge in [-0.1, -0.05) is 0 Å². The second-order valence-corrected chi connectivity index (χ2v) is 5.16. The fourth-order valence-electron chi connectivity index (χ4n) is 2.10. The van der Waals surface area contributed by atoms with E-state index in [9.17, 15) is 9.59 Å². The number of carboxylic acid groups (broad SMARTS) is 1. The van der Waals surface area contributed by atoms with E-state index in [-0.39, 0.29) is 5.97 Å². The number of rotatable bonds is 2. The van der Waals surface area contributed by atoms with Crippen LogP contribution < -0.4 is 0 Å². The van der Waals surface area contributed by atoms with Crippen molar-refractivity contribution in [2.75, 3.05) is 20.3 Å². The number of carbonyl (C=O) groups excluding carboxylic acids is 1. The van der Waals surface area contributed by atoms with Gasteiger partial charge in [0.05, 0.1) is 7.11 Å². The number of ether oxygens (including phenoxy) is 3. The van der Waals surface area contributed by atoms with Crippen molar-refractivity contribution >= 4 is 11.9 Å². The Hall–Kier alpha value is -1.14. The van der Waals surface area contributed by atoms with Crippen LogP contribution in [0.25, 0.3) is 0 Å². The third-order valence-corrected chi connectivity index (χ3v) is 3.51. The zero-order valence-electron chi connectivity index (χ0n) is 11.7. The molecule has 0 aromatic carbocycles. The smallest absolute Gasteiger partial charge is 0.337 e. The molecule has 2 unspecified atom stereocenters. The fraction of sp³-hybridized carbons (Fsp3) is 0.846. The molecule has 6 nitrogen and oxygen atoms in total. The van der Waals surface area contributed by atoms with E-state index in [2.05, 4.69) is 4.74 Å². The summed E-state index contributed by atoms with van der Waals surface area (Å²) >= 11 is 0. The zero-order chi connectivity index (χ0) is 14.5. The van der Waals surface area contributed by atoms with Crippen molar-refractivity contribution in [1.82, 2.24) is 0 Å². The van der Waals surface area contributed by atoms with Crippen LogP contribution in [0.3, 0.4) is 0 Å². The molecule has 2 fully saturated rings. The molecule has 2 heterocycles. The number of methoxy groups -OCH3 is 1. The summed E-state index contributed by atoms with van der Waals surface area (Å²) in [5.41, 5.74) is -1.55. The molecular weight excluding hydrogens is 252 g/mol. The van der Waals surface area contributed by atoms with E-state index in [0.717, 1.165) is 19.3 Å². The maximum atomic E-state index is 11.0. The highest BCUT2D eigenvalue weighted by atomic mass is 16.6. The van der Waals surface area contributed by atoms with Crippen LogP contribution in [0, 0.1) is 0 Å². The molecule has 2 aliphatic heterocycles.